The van der Waals surface area contributed by atoms with Gasteiger partial charge in [0.1, 0.15) is 16.9 Å². The molecule has 1 aromatic heterocycles. The molecule has 0 atom stereocenters. The summed E-state index contributed by atoms with van der Waals surface area (Å²) in [7, 11) is 1.49. The largest absolute Gasteiger partial charge is 0.507 e. The standard InChI is InChI=1S/C23H26N2O5/c1-28-22-20(29-13-5-10-25-11-8-24-9-12-25)15-18(27)21-17(26)14-19(30-23(21)22)16-6-3-2-4-7-16/h2-4,6-7,14-15,24,27H,5,8-13H2,1H3. The zero-order valence-corrected chi connectivity index (χ0v) is 17.0. The van der Waals surface area contributed by atoms with Gasteiger partial charge in [0.05, 0.1) is 13.7 Å². The molecule has 1 fully saturated rings. The molecule has 0 spiro atoms. The number of phenols is 1. The van der Waals surface area contributed by atoms with Crippen LogP contribution >= 0.6 is 0 Å². The summed E-state index contributed by atoms with van der Waals surface area (Å²) < 4.78 is 17.4. The molecule has 4 rings (SSSR count). The van der Waals surface area contributed by atoms with E-state index in [0.29, 0.717) is 23.9 Å². The molecule has 1 aliphatic heterocycles. The second-order valence-electron chi connectivity index (χ2n) is 7.27. The first-order chi connectivity index (χ1) is 14.7. The maximum atomic E-state index is 12.7. The Kier molecular flexibility index (Phi) is 6.21. The van der Waals surface area contributed by atoms with E-state index in [9.17, 15) is 9.90 Å². The van der Waals surface area contributed by atoms with Crippen molar-refractivity contribution in [2.75, 3.05) is 46.4 Å². The SMILES string of the molecule is COc1c(OCCCN2CCNCC2)cc(O)c2c(=O)cc(-c3ccccc3)oc12. The molecular formula is C23H26N2O5. The van der Waals surface area contributed by atoms with Crippen LogP contribution in [0.1, 0.15) is 6.42 Å². The van der Waals surface area contributed by atoms with E-state index >= 15 is 0 Å². The highest BCUT2D eigenvalue weighted by molar-refractivity contribution is 5.91. The Morgan fingerprint density at radius 1 is 1.17 bits per heavy atom. The number of rotatable bonds is 7. The normalized spacial score (nSPS) is 14.7. The van der Waals surface area contributed by atoms with Crippen molar-refractivity contribution in [2.24, 2.45) is 0 Å². The van der Waals surface area contributed by atoms with Gasteiger partial charge < -0.3 is 29.2 Å². The maximum Gasteiger partial charge on any atom is 0.205 e. The molecular weight excluding hydrogens is 384 g/mol. The molecule has 7 nitrogen and oxygen atoms in total. The van der Waals surface area contributed by atoms with Gasteiger partial charge in [-0.15, -0.1) is 0 Å². The van der Waals surface area contributed by atoms with Gasteiger partial charge in [0.25, 0.3) is 0 Å². The third kappa shape index (κ3) is 4.27. The average molecular weight is 410 g/mol. The molecule has 7 heteroatoms. The molecule has 0 bridgehead atoms. The summed E-state index contributed by atoms with van der Waals surface area (Å²) in [5, 5.41) is 13.9. The number of ether oxygens (including phenoxy) is 2. The van der Waals surface area contributed by atoms with Gasteiger partial charge in [0, 0.05) is 50.4 Å². The molecule has 2 N–H and O–H groups in total. The third-order valence-electron chi connectivity index (χ3n) is 5.25. The number of hydrogen-bond acceptors (Lipinski definition) is 7. The Hall–Kier alpha value is -3.03. The van der Waals surface area contributed by atoms with E-state index < -0.39 is 0 Å². The van der Waals surface area contributed by atoms with Crippen molar-refractivity contribution < 1.29 is 19.0 Å². The van der Waals surface area contributed by atoms with Crippen molar-refractivity contribution in [1.82, 2.24) is 10.2 Å². The lowest BCUT2D eigenvalue weighted by Gasteiger charge is -2.27. The summed E-state index contributed by atoms with van der Waals surface area (Å²) >= 11 is 0. The predicted octanol–water partition coefficient (Wildman–Crippen LogP) is 2.85. The van der Waals surface area contributed by atoms with E-state index in [2.05, 4.69) is 10.2 Å². The first kappa shape index (κ1) is 20.3. The third-order valence-corrected chi connectivity index (χ3v) is 5.25. The molecule has 0 aliphatic carbocycles. The van der Waals surface area contributed by atoms with Crippen LogP contribution in [0.15, 0.2) is 51.7 Å². The molecule has 0 amide bonds. The number of phenolic OH excluding ortho intramolecular Hbond substituents is 1. The van der Waals surface area contributed by atoms with Crippen molar-refractivity contribution in [1.29, 1.82) is 0 Å². The lowest BCUT2D eigenvalue weighted by atomic mass is 10.1. The Balaban J connectivity index is 1.61. The summed E-state index contributed by atoms with van der Waals surface area (Å²) in [6, 6.07) is 12.1. The topological polar surface area (TPSA) is 84.2 Å². The van der Waals surface area contributed by atoms with Crippen LogP contribution in [0.25, 0.3) is 22.3 Å². The van der Waals surface area contributed by atoms with Crippen LogP contribution in [0, 0.1) is 0 Å². The summed E-state index contributed by atoms with van der Waals surface area (Å²) in [5.74, 6) is 0.883. The van der Waals surface area contributed by atoms with Gasteiger partial charge in [-0.1, -0.05) is 30.3 Å². The van der Waals surface area contributed by atoms with Gasteiger partial charge in [-0.25, -0.2) is 0 Å². The van der Waals surface area contributed by atoms with Gasteiger partial charge in [0.2, 0.25) is 5.75 Å². The Bertz CT molecular complexity index is 1060. The minimum Gasteiger partial charge on any atom is -0.507 e. The highest BCUT2D eigenvalue weighted by Gasteiger charge is 2.20. The summed E-state index contributed by atoms with van der Waals surface area (Å²) in [5.41, 5.74) is 0.609. The van der Waals surface area contributed by atoms with Crippen LogP contribution in [-0.4, -0.2) is 56.4 Å². The van der Waals surface area contributed by atoms with Crippen LogP contribution in [0.3, 0.4) is 0 Å². The minimum atomic E-state index is -0.337. The Morgan fingerprint density at radius 3 is 2.67 bits per heavy atom. The lowest BCUT2D eigenvalue weighted by Crippen LogP contribution is -2.43. The van der Waals surface area contributed by atoms with Crippen LogP contribution in [0.2, 0.25) is 0 Å². The van der Waals surface area contributed by atoms with Gasteiger partial charge >= 0.3 is 0 Å². The molecule has 30 heavy (non-hydrogen) atoms. The van der Waals surface area contributed by atoms with Crippen molar-refractivity contribution in [3.8, 4) is 28.6 Å². The van der Waals surface area contributed by atoms with E-state index in [4.69, 9.17) is 13.9 Å². The highest BCUT2D eigenvalue weighted by Crippen LogP contribution is 2.41. The number of hydrogen-bond donors (Lipinski definition) is 2. The predicted molar refractivity (Wildman–Crippen MR) is 116 cm³/mol. The number of nitrogens with zero attached hydrogens (tertiary/aromatic N) is 1. The van der Waals surface area contributed by atoms with E-state index in [0.717, 1.165) is 44.7 Å². The van der Waals surface area contributed by atoms with E-state index in [1.807, 2.05) is 30.3 Å². The Morgan fingerprint density at radius 2 is 1.93 bits per heavy atom. The molecule has 2 aromatic carbocycles. The Labute approximate surface area is 174 Å². The second kappa shape index (κ2) is 9.19. The van der Waals surface area contributed by atoms with E-state index in [1.165, 1.54) is 19.2 Å². The van der Waals surface area contributed by atoms with Crippen LogP contribution in [0.5, 0.6) is 17.2 Å². The average Bonchev–Trinajstić information content (AvgIpc) is 2.77. The number of piperazine rings is 1. The number of aromatic hydroxyl groups is 1. The highest BCUT2D eigenvalue weighted by atomic mass is 16.5. The monoisotopic (exact) mass is 410 g/mol. The fourth-order valence-electron chi connectivity index (χ4n) is 3.72. The lowest BCUT2D eigenvalue weighted by molar-refractivity contribution is 0.211. The first-order valence-corrected chi connectivity index (χ1v) is 10.2. The van der Waals surface area contributed by atoms with Crippen LogP contribution < -0.4 is 20.2 Å². The molecule has 0 radical (unpaired) electrons. The molecule has 3 aromatic rings. The number of methoxy groups -OCH3 is 1. The molecule has 1 aliphatic rings. The molecule has 158 valence electrons. The molecule has 2 heterocycles. The van der Waals surface area contributed by atoms with Gasteiger partial charge in [-0.3, -0.25) is 4.79 Å². The maximum absolute atomic E-state index is 12.7. The number of fused-ring (bicyclic) bond motifs is 1. The van der Waals surface area contributed by atoms with Crippen molar-refractivity contribution in [3.05, 3.63) is 52.7 Å². The zero-order valence-electron chi connectivity index (χ0n) is 17.0. The first-order valence-electron chi connectivity index (χ1n) is 10.2. The van der Waals surface area contributed by atoms with E-state index in [1.54, 1.807) is 0 Å². The van der Waals surface area contributed by atoms with Crippen LogP contribution in [0.4, 0.5) is 0 Å². The van der Waals surface area contributed by atoms with Crippen molar-refractivity contribution in [2.45, 2.75) is 6.42 Å². The minimum absolute atomic E-state index is 0.0831. The second-order valence-corrected chi connectivity index (χ2v) is 7.27. The van der Waals surface area contributed by atoms with Gasteiger partial charge in [0.15, 0.2) is 16.8 Å². The summed E-state index contributed by atoms with van der Waals surface area (Å²) in [6.07, 6.45) is 0.843. The fraction of sp³-hybridized carbons (Fsp3) is 0.348. The van der Waals surface area contributed by atoms with E-state index in [-0.39, 0.29) is 22.1 Å². The van der Waals surface area contributed by atoms with Crippen molar-refractivity contribution in [3.63, 3.8) is 0 Å². The molecule has 0 unspecified atom stereocenters. The van der Waals surface area contributed by atoms with Gasteiger partial charge in [-0.05, 0) is 6.42 Å². The fourth-order valence-corrected chi connectivity index (χ4v) is 3.72. The molecule has 1 saturated heterocycles. The molecule has 0 saturated carbocycles. The number of nitrogens with one attached hydrogen (secondary N) is 1. The summed E-state index contributed by atoms with van der Waals surface area (Å²) in [4.78, 5) is 15.1. The zero-order chi connectivity index (χ0) is 20.9. The number of benzene rings is 2. The quantitative estimate of drug-likeness (QED) is 0.580. The van der Waals surface area contributed by atoms with Crippen molar-refractivity contribution >= 4 is 11.0 Å². The van der Waals surface area contributed by atoms with Gasteiger partial charge in [-0.2, -0.15) is 0 Å². The summed E-state index contributed by atoms with van der Waals surface area (Å²) in [6.45, 7) is 5.50. The smallest absolute Gasteiger partial charge is 0.205 e. The van der Waals surface area contributed by atoms with Crippen LogP contribution in [-0.2, 0) is 0 Å².